The Bertz CT molecular complexity index is 274. The molecular formula is C12H27N5O. The first-order chi connectivity index (χ1) is 8.46. The quantitative estimate of drug-likeness (QED) is 0.277. The molecule has 0 saturated carbocycles. The van der Waals surface area contributed by atoms with Gasteiger partial charge in [-0.3, -0.25) is 15.2 Å². The van der Waals surface area contributed by atoms with E-state index in [0.717, 1.165) is 0 Å². The Morgan fingerprint density at radius 3 is 2.22 bits per heavy atom. The molecule has 0 radical (unpaired) electrons. The highest BCUT2D eigenvalue weighted by Gasteiger charge is 2.18. The van der Waals surface area contributed by atoms with Gasteiger partial charge < -0.3 is 10.2 Å². The number of carbonyl (C=O) groups excluding carboxylic acids is 1. The molecule has 1 atom stereocenters. The molecule has 1 amide bonds. The number of aliphatic imine (C=N–C) groups is 1. The van der Waals surface area contributed by atoms with E-state index in [1.807, 2.05) is 20.8 Å². The topological polar surface area (TPSA) is 82.8 Å². The van der Waals surface area contributed by atoms with Crippen molar-refractivity contribution >= 4 is 11.9 Å². The second-order valence-corrected chi connectivity index (χ2v) is 4.60. The average molecular weight is 257 g/mol. The predicted molar refractivity (Wildman–Crippen MR) is 75.0 cm³/mol. The van der Waals surface area contributed by atoms with Crippen LogP contribution in [0.2, 0.25) is 0 Å². The number of hydrogen-bond acceptors (Lipinski definition) is 3. The standard InChI is InChI=1S/C12H27N5O/c1-6-17(7-2)11(18)10(5)15-12(16-13)14-8-9(3)4/h9-10H,6-8,13H2,1-5H3,(H2,14,15,16). The zero-order chi connectivity index (χ0) is 14.1. The molecule has 1 unspecified atom stereocenters. The summed E-state index contributed by atoms with van der Waals surface area (Å²) in [5.74, 6) is 6.33. The lowest BCUT2D eigenvalue weighted by Crippen LogP contribution is -2.52. The number of nitrogens with two attached hydrogens (primary N) is 1. The summed E-state index contributed by atoms with van der Waals surface area (Å²) in [6.45, 7) is 11.9. The summed E-state index contributed by atoms with van der Waals surface area (Å²) >= 11 is 0. The molecule has 0 saturated heterocycles. The van der Waals surface area contributed by atoms with Crippen LogP contribution >= 0.6 is 0 Å². The van der Waals surface area contributed by atoms with Gasteiger partial charge in [0.05, 0.1) is 0 Å². The molecule has 0 heterocycles. The highest BCUT2D eigenvalue weighted by atomic mass is 16.2. The van der Waals surface area contributed by atoms with Crippen LogP contribution in [-0.2, 0) is 4.79 Å². The minimum atomic E-state index is -0.341. The Morgan fingerprint density at radius 1 is 1.28 bits per heavy atom. The number of nitrogens with zero attached hydrogens (tertiary/aromatic N) is 2. The van der Waals surface area contributed by atoms with Crippen molar-refractivity contribution in [3.05, 3.63) is 0 Å². The van der Waals surface area contributed by atoms with Crippen LogP contribution in [0.1, 0.15) is 34.6 Å². The highest BCUT2D eigenvalue weighted by Crippen LogP contribution is 1.95. The zero-order valence-electron chi connectivity index (χ0n) is 12.2. The summed E-state index contributed by atoms with van der Waals surface area (Å²) < 4.78 is 0. The predicted octanol–water partition coefficient (Wildman–Crippen LogP) is 0.308. The largest absolute Gasteiger partial charge is 0.344 e. The van der Waals surface area contributed by atoms with Gasteiger partial charge in [-0.1, -0.05) is 13.8 Å². The Morgan fingerprint density at radius 2 is 1.83 bits per heavy atom. The van der Waals surface area contributed by atoms with Crippen molar-refractivity contribution in [3.63, 3.8) is 0 Å². The smallest absolute Gasteiger partial charge is 0.244 e. The number of carbonyl (C=O) groups is 1. The fraction of sp³-hybridized carbons (Fsp3) is 0.833. The fourth-order valence-corrected chi connectivity index (χ4v) is 1.48. The summed E-state index contributed by atoms with van der Waals surface area (Å²) in [5, 5.41) is 2.99. The van der Waals surface area contributed by atoms with Crippen LogP contribution in [0.5, 0.6) is 0 Å². The van der Waals surface area contributed by atoms with Gasteiger partial charge in [-0.05, 0) is 26.7 Å². The Hall–Kier alpha value is -1.30. The van der Waals surface area contributed by atoms with E-state index in [4.69, 9.17) is 5.84 Å². The van der Waals surface area contributed by atoms with E-state index in [0.29, 0.717) is 31.5 Å². The molecule has 0 bridgehead atoms. The van der Waals surface area contributed by atoms with Crippen molar-refractivity contribution in [2.45, 2.75) is 40.7 Å². The monoisotopic (exact) mass is 257 g/mol. The second-order valence-electron chi connectivity index (χ2n) is 4.60. The van der Waals surface area contributed by atoms with Crippen LogP contribution in [0.4, 0.5) is 0 Å². The molecule has 18 heavy (non-hydrogen) atoms. The number of likely N-dealkylation sites (N-methyl/N-ethyl adjacent to an activating group) is 1. The molecule has 0 spiro atoms. The second kappa shape index (κ2) is 8.74. The third-order valence-corrected chi connectivity index (χ3v) is 2.55. The molecule has 6 heteroatoms. The Labute approximate surface area is 110 Å². The van der Waals surface area contributed by atoms with Gasteiger partial charge in [0, 0.05) is 19.6 Å². The lowest BCUT2D eigenvalue weighted by atomic mass is 10.2. The summed E-state index contributed by atoms with van der Waals surface area (Å²) in [6.07, 6.45) is 0. The molecule has 0 aliphatic carbocycles. The number of guanidine groups is 1. The van der Waals surface area contributed by atoms with Gasteiger partial charge in [-0.25, -0.2) is 5.84 Å². The lowest BCUT2D eigenvalue weighted by Gasteiger charge is -2.24. The van der Waals surface area contributed by atoms with E-state index >= 15 is 0 Å². The first kappa shape index (κ1) is 16.7. The molecule has 0 aromatic carbocycles. The summed E-state index contributed by atoms with van der Waals surface area (Å²) in [6, 6.07) is -0.341. The third kappa shape index (κ3) is 5.86. The van der Waals surface area contributed by atoms with Crippen molar-refractivity contribution in [3.8, 4) is 0 Å². The van der Waals surface area contributed by atoms with E-state index < -0.39 is 0 Å². The van der Waals surface area contributed by atoms with Crippen LogP contribution in [-0.4, -0.2) is 42.4 Å². The molecule has 4 N–H and O–H groups in total. The van der Waals surface area contributed by atoms with E-state index in [1.165, 1.54) is 0 Å². The van der Waals surface area contributed by atoms with Crippen LogP contribution in [0.3, 0.4) is 0 Å². The number of amides is 1. The maximum Gasteiger partial charge on any atom is 0.244 e. The van der Waals surface area contributed by atoms with Crippen LogP contribution in [0.15, 0.2) is 4.99 Å². The minimum Gasteiger partial charge on any atom is -0.344 e. The van der Waals surface area contributed by atoms with E-state index in [-0.39, 0.29) is 11.9 Å². The normalized spacial score (nSPS) is 13.4. The highest BCUT2D eigenvalue weighted by molar-refractivity contribution is 5.88. The van der Waals surface area contributed by atoms with Crippen molar-refractivity contribution in [1.29, 1.82) is 0 Å². The average Bonchev–Trinajstić information content (AvgIpc) is 2.35. The van der Waals surface area contributed by atoms with Crippen LogP contribution in [0.25, 0.3) is 0 Å². The molecule has 0 fully saturated rings. The fourth-order valence-electron chi connectivity index (χ4n) is 1.48. The molecule has 106 valence electrons. The van der Waals surface area contributed by atoms with Gasteiger partial charge in [0.15, 0.2) is 0 Å². The lowest BCUT2D eigenvalue weighted by molar-refractivity contribution is -0.132. The molecule has 0 aromatic heterocycles. The maximum atomic E-state index is 12.0. The van der Waals surface area contributed by atoms with Crippen molar-refractivity contribution in [1.82, 2.24) is 15.6 Å². The van der Waals surface area contributed by atoms with Crippen LogP contribution < -0.4 is 16.6 Å². The van der Waals surface area contributed by atoms with Crippen molar-refractivity contribution in [2.24, 2.45) is 16.8 Å². The van der Waals surface area contributed by atoms with Crippen molar-refractivity contribution in [2.75, 3.05) is 19.6 Å². The summed E-state index contributed by atoms with van der Waals surface area (Å²) in [7, 11) is 0. The SMILES string of the molecule is CCN(CC)C(=O)C(C)NC(=NCC(C)C)NN. The van der Waals surface area contributed by atoms with Gasteiger partial charge in [0.1, 0.15) is 6.04 Å². The van der Waals surface area contributed by atoms with Gasteiger partial charge in [-0.2, -0.15) is 0 Å². The zero-order valence-corrected chi connectivity index (χ0v) is 12.2. The van der Waals surface area contributed by atoms with Crippen LogP contribution in [0, 0.1) is 5.92 Å². The van der Waals surface area contributed by atoms with E-state index in [1.54, 1.807) is 4.90 Å². The van der Waals surface area contributed by atoms with Gasteiger partial charge in [-0.15, -0.1) is 0 Å². The molecule has 0 aliphatic rings. The summed E-state index contributed by atoms with van der Waals surface area (Å²) in [5.41, 5.74) is 2.49. The molecule has 0 rings (SSSR count). The van der Waals surface area contributed by atoms with E-state index in [2.05, 4.69) is 29.6 Å². The van der Waals surface area contributed by atoms with Gasteiger partial charge >= 0.3 is 0 Å². The number of hydrogen-bond donors (Lipinski definition) is 3. The third-order valence-electron chi connectivity index (χ3n) is 2.55. The Balaban J connectivity index is 4.46. The molecule has 0 aliphatic heterocycles. The maximum absolute atomic E-state index is 12.0. The van der Waals surface area contributed by atoms with Crippen molar-refractivity contribution < 1.29 is 4.79 Å². The molecule has 6 nitrogen and oxygen atoms in total. The molecule has 0 aromatic rings. The minimum absolute atomic E-state index is 0.0486. The first-order valence-corrected chi connectivity index (χ1v) is 6.52. The van der Waals surface area contributed by atoms with Gasteiger partial charge in [0.2, 0.25) is 11.9 Å². The number of rotatable bonds is 6. The Kier molecular flexibility index (Phi) is 8.11. The number of nitrogens with one attached hydrogen (secondary N) is 2. The molecular weight excluding hydrogens is 230 g/mol. The van der Waals surface area contributed by atoms with Gasteiger partial charge in [0.25, 0.3) is 0 Å². The number of hydrazine groups is 1. The summed E-state index contributed by atoms with van der Waals surface area (Å²) in [4.78, 5) is 18.1. The first-order valence-electron chi connectivity index (χ1n) is 6.52. The van der Waals surface area contributed by atoms with E-state index in [9.17, 15) is 4.79 Å².